The molecule has 2 N–H and O–H groups in total. The molecule has 28 heavy (non-hydrogen) atoms. The molecule has 0 bridgehead atoms. The van der Waals surface area contributed by atoms with Gasteiger partial charge in [0.1, 0.15) is 6.07 Å². The molecule has 0 aliphatic carbocycles. The van der Waals surface area contributed by atoms with Crippen molar-refractivity contribution < 1.29 is 18.7 Å². The fourth-order valence-corrected chi connectivity index (χ4v) is 3.18. The van der Waals surface area contributed by atoms with E-state index in [1.165, 1.54) is 0 Å². The summed E-state index contributed by atoms with van der Waals surface area (Å²) in [5, 5.41) is 9.39. The number of benzene rings is 1. The molecule has 1 fully saturated rings. The van der Waals surface area contributed by atoms with Gasteiger partial charge in [0.05, 0.1) is 14.2 Å². The number of nitriles is 1. The minimum Gasteiger partial charge on any atom is -0.493 e. The molecule has 1 saturated heterocycles. The van der Waals surface area contributed by atoms with Gasteiger partial charge in [0.2, 0.25) is 23.4 Å². The predicted octanol–water partition coefficient (Wildman–Crippen LogP) is 2.44. The highest BCUT2D eigenvalue weighted by Crippen LogP contribution is 2.30. The maximum atomic E-state index is 11.3. The second-order valence-electron chi connectivity index (χ2n) is 6.43. The molecule has 146 valence electrons. The molecule has 3 rings (SSSR count). The van der Waals surface area contributed by atoms with Crippen LogP contribution < -0.4 is 20.1 Å². The summed E-state index contributed by atoms with van der Waals surface area (Å²) in [6, 6.07) is 7.59. The zero-order valence-electron chi connectivity index (χ0n) is 15.8. The van der Waals surface area contributed by atoms with Crippen molar-refractivity contribution in [2.75, 3.05) is 32.2 Å². The fourth-order valence-electron chi connectivity index (χ4n) is 3.18. The van der Waals surface area contributed by atoms with Crippen LogP contribution in [-0.4, -0.2) is 38.2 Å². The van der Waals surface area contributed by atoms with Crippen molar-refractivity contribution in [3.63, 3.8) is 0 Å². The second-order valence-corrected chi connectivity index (χ2v) is 6.43. The zero-order chi connectivity index (χ0) is 20.1. The zero-order valence-corrected chi connectivity index (χ0v) is 15.8. The molecule has 0 atom stereocenters. The van der Waals surface area contributed by atoms with Crippen molar-refractivity contribution in [1.82, 2.24) is 4.98 Å². The number of amides is 1. The van der Waals surface area contributed by atoms with Gasteiger partial charge in [0, 0.05) is 25.1 Å². The molecule has 0 unspecified atom stereocenters. The predicted molar refractivity (Wildman–Crippen MR) is 104 cm³/mol. The number of oxazole rings is 1. The third-order valence-electron chi connectivity index (χ3n) is 4.74. The van der Waals surface area contributed by atoms with Gasteiger partial charge in [-0.25, -0.2) is 0 Å². The number of nitrogens with two attached hydrogens (primary N) is 1. The lowest BCUT2D eigenvalue weighted by Gasteiger charge is -2.30. The average molecular weight is 382 g/mol. The van der Waals surface area contributed by atoms with E-state index < -0.39 is 0 Å². The Morgan fingerprint density at radius 2 is 2.00 bits per heavy atom. The van der Waals surface area contributed by atoms with Crippen LogP contribution in [0.4, 0.5) is 5.88 Å². The van der Waals surface area contributed by atoms with Crippen molar-refractivity contribution in [2.24, 2.45) is 11.7 Å². The molecule has 0 spiro atoms. The first-order valence-corrected chi connectivity index (χ1v) is 8.91. The largest absolute Gasteiger partial charge is 0.493 e. The third-order valence-corrected chi connectivity index (χ3v) is 4.74. The number of hydrogen-bond donors (Lipinski definition) is 1. The van der Waals surface area contributed by atoms with E-state index in [0.717, 1.165) is 5.56 Å². The monoisotopic (exact) mass is 382 g/mol. The van der Waals surface area contributed by atoms with Crippen LogP contribution in [0.5, 0.6) is 11.5 Å². The smallest absolute Gasteiger partial charge is 0.235 e. The number of piperidine rings is 1. The van der Waals surface area contributed by atoms with Gasteiger partial charge in [0.15, 0.2) is 11.5 Å². The molecule has 2 aromatic rings. The molecule has 8 nitrogen and oxygen atoms in total. The number of methoxy groups -OCH3 is 2. The van der Waals surface area contributed by atoms with Gasteiger partial charge in [-0.15, -0.1) is 0 Å². The van der Waals surface area contributed by atoms with E-state index >= 15 is 0 Å². The first kappa shape index (κ1) is 19.3. The van der Waals surface area contributed by atoms with Crippen LogP contribution in [0.2, 0.25) is 0 Å². The van der Waals surface area contributed by atoms with Gasteiger partial charge in [-0.1, -0.05) is 6.07 Å². The second kappa shape index (κ2) is 8.48. The normalized spacial score (nSPS) is 14.8. The standard InChI is InChI=1S/C20H22N4O4/c1-26-16-5-3-13(11-17(16)27-2)4-6-18-23-15(12-21)20(28-18)24-9-7-14(8-10-24)19(22)25/h3-6,11,14H,7-10H2,1-2H3,(H2,22,25). The first-order valence-electron chi connectivity index (χ1n) is 8.91. The van der Waals surface area contributed by atoms with Gasteiger partial charge in [0.25, 0.3) is 0 Å². The van der Waals surface area contributed by atoms with E-state index in [-0.39, 0.29) is 17.5 Å². The number of nitrogens with zero attached hydrogens (tertiary/aromatic N) is 3. The van der Waals surface area contributed by atoms with Crippen molar-refractivity contribution in [3.05, 3.63) is 35.3 Å². The summed E-state index contributed by atoms with van der Waals surface area (Å²) in [6.07, 6.45) is 4.79. The summed E-state index contributed by atoms with van der Waals surface area (Å²) in [7, 11) is 3.16. The van der Waals surface area contributed by atoms with Gasteiger partial charge >= 0.3 is 0 Å². The highest BCUT2D eigenvalue weighted by Gasteiger charge is 2.27. The number of carbonyl (C=O) groups is 1. The number of anilines is 1. The van der Waals surface area contributed by atoms with Crippen molar-refractivity contribution in [2.45, 2.75) is 12.8 Å². The van der Waals surface area contributed by atoms with E-state index in [2.05, 4.69) is 11.1 Å². The van der Waals surface area contributed by atoms with Gasteiger partial charge in [-0.2, -0.15) is 10.2 Å². The molecule has 0 saturated carbocycles. The number of rotatable bonds is 6. The average Bonchev–Trinajstić information content (AvgIpc) is 3.15. The lowest BCUT2D eigenvalue weighted by Crippen LogP contribution is -2.38. The lowest BCUT2D eigenvalue weighted by atomic mass is 9.96. The summed E-state index contributed by atoms with van der Waals surface area (Å²) < 4.78 is 16.3. The number of primary amides is 1. The lowest BCUT2D eigenvalue weighted by molar-refractivity contribution is -0.122. The Hall–Kier alpha value is -3.47. The molecule has 2 heterocycles. The Labute approximate surface area is 163 Å². The summed E-state index contributed by atoms with van der Waals surface area (Å²) in [6.45, 7) is 1.19. The van der Waals surface area contributed by atoms with E-state index in [1.807, 2.05) is 29.2 Å². The molecule has 1 aromatic carbocycles. The van der Waals surface area contributed by atoms with Crippen LogP contribution in [0.25, 0.3) is 12.2 Å². The molecule has 8 heteroatoms. The van der Waals surface area contributed by atoms with E-state index in [9.17, 15) is 10.1 Å². The molecule has 1 amide bonds. The summed E-state index contributed by atoms with van der Waals surface area (Å²) in [4.78, 5) is 17.5. The topological polar surface area (TPSA) is 115 Å². The van der Waals surface area contributed by atoms with Gasteiger partial charge in [-0.3, -0.25) is 4.79 Å². The molecular formula is C20H22N4O4. The van der Waals surface area contributed by atoms with Crippen molar-refractivity contribution >= 4 is 23.9 Å². The van der Waals surface area contributed by atoms with Crippen LogP contribution in [0.1, 0.15) is 30.0 Å². The summed E-state index contributed by atoms with van der Waals surface area (Å²) in [5.41, 5.74) is 6.47. The number of hydrogen-bond acceptors (Lipinski definition) is 7. The summed E-state index contributed by atoms with van der Waals surface area (Å²) in [5.74, 6) is 1.61. The molecule has 1 aliphatic heterocycles. The Balaban J connectivity index is 1.77. The van der Waals surface area contributed by atoms with Crippen LogP contribution >= 0.6 is 0 Å². The minimum atomic E-state index is -0.281. The van der Waals surface area contributed by atoms with E-state index in [1.54, 1.807) is 20.3 Å². The quantitative estimate of drug-likeness (QED) is 0.816. The van der Waals surface area contributed by atoms with Crippen LogP contribution in [0.3, 0.4) is 0 Å². The maximum Gasteiger partial charge on any atom is 0.235 e. The first-order chi connectivity index (χ1) is 13.5. The Morgan fingerprint density at radius 3 is 2.61 bits per heavy atom. The van der Waals surface area contributed by atoms with Crippen molar-refractivity contribution in [3.8, 4) is 17.6 Å². The number of aromatic nitrogens is 1. The fraction of sp³-hybridized carbons (Fsp3) is 0.350. The minimum absolute atomic E-state index is 0.130. The van der Waals surface area contributed by atoms with Crippen molar-refractivity contribution in [1.29, 1.82) is 5.26 Å². The maximum absolute atomic E-state index is 11.3. The van der Waals surface area contributed by atoms with Crippen LogP contribution in [0.15, 0.2) is 22.6 Å². The van der Waals surface area contributed by atoms with Crippen LogP contribution in [0, 0.1) is 17.2 Å². The molecule has 1 aromatic heterocycles. The highest BCUT2D eigenvalue weighted by molar-refractivity contribution is 5.77. The van der Waals surface area contributed by atoms with E-state index in [0.29, 0.717) is 49.2 Å². The molecule has 1 aliphatic rings. The highest BCUT2D eigenvalue weighted by atomic mass is 16.5. The Kier molecular flexibility index (Phi) is 5.84. The summed E-state index contributed by atoms with van der Waals surface area (Å²) >= 11 is 0. The Bertz CT molecular complexity index is 921. The number of carbonyl (C=O) groups excluding carboxylic acids is 1. The SMILES string of the molecule is COc1ccc(C=Cc2nc(C#N)c(N3CCC(C(N)=O)CC3)o2)cc1OC. The molecule has 0 radical (unpaired) electrons. The van der Waals surface area contributed by atoms with Gasteiger partial charge in [-0.05, 0) is 36.6 Å². The number of ether oxygens (including phenoxy) is 2. The van der Waals surface area contributed by atoms with Gasteiger partial charge < -0.3 is 24.5 Å². The van der Waals surface area contributed by atoms with E-state index in [4.69, 9.17) is 19.6 Å². The third kappa shape index (κ3) is 4.09. The van der Waals surface area contributed by atoms with Crippen LogP contribution in [-0.2, 0) is 4.79 Å². The Morgan fingerprint density at radius 1 is 1.29 bits per heavy atom. The molecular weight excluding hydrogens is 360 g/mol.